The summed E-state index contributed by atoms with van der Waals surface area (Å²) >= 11 is 0. The topological polar surface area (TPSA) is 9.23 Å². The lowest BCUT2D eigenvalue weighted by Gasteiger charge is -2.31. The van der Waals surface area contributed by atoms with E-state index in [0.29, 0.717) is 12.0 Å². The lowest BCUT2D eigenvalue weighted by atomic mass is 9.80. The molecule has 0 saturated heterocycles. The summed E-state index contributed by atoms with van der Waals surface area (Å²) in [6.45, 7) is 4.31. The third kappa shape index (κ3) is 2.19. The van der Waals surface area contributed by atoms with Crippen LogP contribution in [0.15, 0.2) is 35.9 Å². The van der Waals surface area contributed by atoms with Gasteiger partial charge in [0.25, 0.3) is 0 Å². The summed E-state index contributed by atoms with van der Waals surface area (Å²) in [6, 6.07) is 8.74. The normalized spacial score (nSPS) is 23.7. The Hall–Kier alpha value is -1.08. The fraction of sp³-hybridized carbons (Fsp3) is 0.467. The quantitative estimate of drug-likeness (QED) is 0.685. The van der Waals surface area contributed by atoms with Gasteiger partial charge in [0.15, 0.2) is 0 Å². The van der Waals surface area contributed by atoms with E-state index in [-0.39, 0.29) is 0 Å². The Morgan fingerprint density at radius 1 is 1.31 bits per heavy atom. The Labute approximate surface area is 98.1 Å². The molecule has 0 amide bonds. The number of benzene rings is 1. The van der Waals surface area contributed by atoms with Crippen molar-refractivity contribution in [2.24, 2.45) is 0 Å². The molecule has 16 heavy (non-hydrogen) atoms. The molecule has 0 bridgehead atoms. The van der Waals surface area contributed by atoms with Crippen LogP contribution in [-0.2, 0) is 11.2 Å². The van der Waals surface area contributed by atoms with E-state index in [2.05, 4.69) is 44.2 Å². The first-order valence-corrected chi connectivity index (χ1v) is 5.98. The molecule has 0 aliphatic heterocycles. The van der Waals surface area contributed by atoms with Gasteiger partial charge in [0, 0.05) is 13.0 Å². The molecule has 86 valence electrons. The van der Waals surface area contributed by atoms with Crippen LogP contribution in [0.3, 0.4) is 0 Å². The number of allylic oxidation sites excluding steroid dienone is 1. The van der Waals surface area contributed by atoms with Crippen LogP contribution in [0.2, 0.25) is 0 Å². The lowest BCUT2D eigenvalue weighted by Crippen LogP contribution is -2.26. The Balaban J connectivity index is 2.40. The SMILES string of the molecule is CO[C@@H]1CCc2ccccc2[C@H]1C=C(C)C. The highest BCUT2D eigenvalue weighted by atomic mass is 16.5. The first-order chi connectivity index (χ1) is 7.72. The number of aryl methyl sites for hydroxylation is 1. The molecule has 0 saturated carbocycles. The second-order valence-electron chi connectivity index (χ2n) is 4.78. The van der Waals surface area contributed by atoms with E-state index in [1.165, 1.54) is 16.7 Å². The monoisotopic (exact) mass is 216 g/mol. The molecule has 1 aromatic carbocycles. The zero-order valence-corrected chi connectivity index (χ0v) is 10.4. The van der Waals surface area contributed by atoms with E-state index in [9.17, 15) is 0 Å². The van der Waals surface area contributed by atoms with Crippen molar-refractivity contribution in [2.45, 2.75) is 38.7 Å². The van der Waals surface area contributed by atoms with Crippen molar-refractivity contribution >= 4 is 0 Å². The third-order valence-electron chi connectivity index (χ3n) is 3.33. The average Bonchev–Trinajstić information content (AvgIpc) is 2.29. The second kappa shape index (κ2) is 4.84. The van der Waals surface area contributed by atoms with Gasteiger partial charge >= 0.3 is 0 Å². The highest BCUT2D eigenvalue weighted by Crippen LogP contribution is 2.34. The van der Waals surface area contributed by atoms with Gasteiger partial charge in [0.05, 0.1) is 6.10 Å². The molecule has 0 unspecified atom stereocenters. The zero-order chi connectivity index (χ0) is 11.5. The van der Waals surface area contributed by atoms with Crippen LogP contribution in [0.25, 0.3) is 0 Å². The summed E-state index contributed by atoms with van der Waals surface area (Å²) in [4.78, 5) is 0. The van der Waals surface area contributed by atoms with Crippen LogP contribution in [-0.4, -0.2) is 13.2 Å². The van der Waals surface area contributed by atoms with Gasteiger partial charge in [-0.25, -0.2) is 0 Å². The van der Waals surface area contributed by atoms with Crippen molar-refractivity contribution in [1.29, 1.82) is 0 Å². The summed E-state index contributed by atoms with van der Waals surface area (Å²) < 4.78 is 5.62. The minimum absolute atomic E-state index is 0.338. The molecule has 2 atom stereocenters. The maximum absolute atomic E-state index is 5.62. The predicted octanol–water partition coefficient (Wildman–Crippen LogP) is 3.70. The first-order valence-electron chi connectivity index (χ1n) is 5.98. The van der Waals surface area contributed by atoms with E-state index in [4.69, 9.17) is 4.74 Å². The van der Waals surface area contributed by atoms with Gasteiger partial charge in [-0.05, 0) is 37.8 Å². The largest absolute Gasteiger partial charge is 0.380 e. The molecular weight excluding hydrogens is 196 g/mol. The van der Waals surface area contributed by atoms with Crippen LogP contribution < -0.4 is 0 Å². The van der Waals surface area contributed by atoms with Crippen LogP contribution in [0.1, 0.15) is 37.3 Å². The molecule has 1 nitrogen and oxygen atoms in total. The molecule has 0 heterocycles. The van der Waals surface area contributed by atoms with E-state index < -0.39 is 0 Å². The van der Waals surface area contributed by atoms with Gasteiger partial charge in [-0.1, -0.05) is 35.9 Å². The molecule has 1 heteroatoms. The minimum Gasteiger partial charge on any atom is -0.380 e. The van der Waals surface area contributed by atoms with Crippen molar-refractivity contribution in [3.8, 4) is 0 Å². The number of ether oxygens (including phenoxy) is 1. The van der Waals surface area contributed by atoms with E-state index in [1.807, 2.05) is 7.11 Å². The summed E-state index contributed by atoms with van der Waals surface area (Å²) in [5, 5.41) is 0. The van der Waals surface area contributed by atoms with Crippen molar-refractivity contribution < 1.29 is 4.74 Å². The average molecular weight is 216 g/mol. The van der Waals surface area contributed by atoms with E-state index in [1.54, 1.807) is 0 Å². The Morgan fingerprint density at radius 3 is 2.75 bits per heavy atom. The van der Waals surface area contributed by atoms with Crippen LogP contribution in [0, 0.1) is 0 Å². The molecule has 1 aliphatic rings. The third-order valence-corrected chi connectivity index (χ3v) is 3.33. The molecule has 0 radical (unpaired) electrons. The summed E-state index contributed by atoms with van der Waals surface area (Å²) in [6.07, 6.45) is 4.94. The number of hydrogen-bond acceptors (Lipinski definition) is 1. The van der Waals surface area contributed by atoms with Crippen molar-refractivity contribution in [3.63, 3.8) is 0 Å². The molecule has 0 aromatic heterocycles. The van der Waals surface area contributed by atoms with Gasteiger partial charge in [-0.15, -0.1) is 0 Å². The van der Waals surface area contributed by atoms with Crippen molar-refractivity contribution in [3.05, 3.63) is 47.0 Å². The van der Waals surface area contributed by atoms with E-state index in [0.717, 1.165) is 12.8 Å². The first kappa shape index (κ1) is 11.4. The highest BCUT2D eigenvalue weighted by molar-refractivity contribution is 5.37. The predicted molar refractivity (Wildman–Crippen MR) is 67.7 cm³/mol. The molecule has 2 rings (SSSR count). The van der Waals surface area contributed by atoms with Gasteiger partial charge in [-0.2, -0.15) is 0 Å². The Morgan fingerprint density at radius 2 is 2.06 bits per heavy atom. The standard InChI is InChI=1S/C15H20O/c1-11(2)10-14-13-7-5-4-6-12(13)8-9-15(14)16-3/h4-7,10,14-15H,8-9H2,1-3H3/t14-,15-/m1/s1. The van der Waals surface area contributed by atoms with Gasteiger partial charge in [-0.3, -0.25) is 0 Å². The molecule has 0 spiro atoms. The van der Waals surface area contributed by atoms with Crippen molar-refractivity contribution in [1.82, 2.24) is 0 Å². The molecule has 1 aliphatic carbocycles. The lowest BCUT2D eigenvalue weighted by molar-refractivity contribution is 0.0784. The van der Waals surface area contributed by atoms with Gasteiger partial charge < -0.3 is 4.74 Å². The molecule has 0 fully saturated rings. The number of methoxy groups -OCH3 is 1. The number of rotatable bonds is 2. The summed E-state index contributed by atoms with van der Waals surface area (Å²) in [7, 11) is 1.82. The fourth-order valence-corrected chi connectivity index (χ4v) is 2.59. The van der Waals surface area contributed by atoms with Crippen molar-refractivity contribution in [2.75, 3.05) is 7.11 Å². The summed E-state index contributed by atoms with van der Waals surface area (Å²) in [5.74, 6) is 0.431. The van der Waals surface area contributed by atoms with Crippen LogP contribution in [0.4, 0.5) is 0 Å². The smallest absolute Gasteiger partial charge is 0.0677 e. The molecule has 0 N–H and O–H groups in total. The van der Waals surface area contributed by atoms with E-state index >= 15 is 0 Å². The maximum Gasteiger partial charge on any atom is 0.0677 e. The highest BCUT2D eigenvalue weighted by Gasteiger charge is 2.27. The Bertz CT molecular complexity index is 388. The molecule has 1 aromatic rings. The van der Waals surface area contributed by atoms with Crippen LogP contribution >= 0.6 is 0 Å². The number of hydrogen-bond donors (Lipinski definition) is 0. The fourth-order valence-electron chi connectivity index (χ4n) is 2.59. The molecular formula is C15H20O. The van der Waals surface area contributed by atoms with Gasteiger partial charge in [0.2, 0.25) is 0 Å². The second-order valence-corrected chi connectivity index (χ2v) is 4.78. The Kier molecular flexibility index (Phi) is 3.45. The summed E-state index contributed by atoms with van der Waals surface area (Å²) in [5.41, 5.74) is 4.30. The minimum atomic E-state index is 0.338. The van der Waals surface area contributed by atoms with Crippen LogP contribution in [0.5, 0.6) is 0 Å². The van der Waals surface area contributed by atoms with Gasteiger partial charge in [0.1, 0.15) is 0 Å². The zero-order valence-electron chi connectivity index (χ0n) is 10.4. The number of fused-ring (bicyclic) bond motifs is 1. The maximum atomic E-state index is 5.62.